The van der Waals surface area contributed by atoms with E-state index >= 15 is 0 Å². The van der Waals surface area contributed by atoms with Crippen LogP contribution >= 0.6 is 0 Å². The Labute approximate surface area is 113 Å². The number of aryl methyl sites for hydroxylation is 1. The van der Waals surface area contributed by atoms with Gasteiger partial charge in [-0.3, -0.25) is 4.79 Å². The highest BCUT2D eigenvalue weighted by atomic mass is 16.4. The highest BCUT2D eigenvalue weighted by Crippen LogP contribution is 2.35. The second-order valence-electron chi connectivity index (χ2n) is 4.95. The van der Waals surface area contributed by atoms with Crippen LogP contribution in [0.5, 0.6) is 0 Å². The first-order valence-corrected chi connectivity index (χ1v) is 6.65. The highest BCUT2D eigenvalue weighted by Gasteiger charge is 2.40. The van der Waals surface area contributed by atoms with E-state index in [-0.39, 0.29) is 11.9 Å². The summed E-state index contributed by atoms with van der Waals surface area (Å²) in [5, 5.41) is 9.55. The van der Waals surface area contributed by atoms with Crippen LogP contribution in [-0.4, -0.2) is 27.9 Å². The fraction of sp³-hybridized carbons (Fsp3) is 0.467. The molecule has 1 amide bonds. The molecule has 102 valence electrons. The lowest BCUT2D eigenvalue weighted by molar-refractivity contribution is -0.150. The van der Waals surface area contributed by atoms with Crippen LogP contribution in [0.3, 0.4) is 0 Å². The van der Waals surface area contributed by atoms with Crippen molar-refractivity contribution in [3.63, 3.8) is 0 Å². The maximum Gasteiger partial charge on any atom is 0.331 e. The standard InChI is InChI=1S/C15H19NO3/c1-3-11-6-4-5-7-13(11)14(15(18)19)16(10(2)17)12-8-9-12/h4-7,12,14H,3,8-9H2,1-2H3,(H,18,19). The van der Waals surface area contributed by atoms with E-state index in [2.05, 4.69) is 0 Å². The van der Waals surface area contributed by atoms with Crippen LogP contribution in [0.2, 0.25) is 0 Å². The SMILES string of the molecule is CCc1ccccc1C(C(=O)O)N(C(C)=O)C1CC1. The Bertz CT molecular complexity index is 494. The summed E-state index contributed by atoms with van der Waals surface area (Å²) in [7, 11) is 0. The third kappa shape index (κ3) is 2.78. The molecule has 1 aromatic carbocycles. The number of hydrogen-bond donors (Lipinski definition) is 1. The number of amides is 1. The lowest BCUT2D eigenvalue weighted by atomic mass is 9.97. The molecule has 2 rings (SSSR count). The monoisotopic (exact) mass is 261 g/mol. The number of hydrogen-bond acceptors (Lipinski definition) is 2. The van der Waals surface area contributed by atoms with Gasteiger partial charge in [0.1, 0.15) is 0 Å². The van der Waals surface area contributed by atoms with Crippen LogP contribution in [0.4, 0.5) is 0 Å². The summed E-state index contributed by atoms with van der Waals surface area (Å²) < 4.78 is 0. The first-order valence-electron chi connectivity index (χ1n) is 6.65. The molecule has 4 nitrogen and oxygen atoms in total. The van der Waals surface area contributed by atoms with Gasteiger partial charge in [0.05, 0.1) is 0 Å². The van der Waals surface area contributed by atoms with Crippen molar-refractivity contribution >= 4 is 11.9 Å². The predicted molar refractivity (Wildman–Crippen MR) is 71.7 cm³/mol. The van der Waals surface area contributed by atoms with Gasteiger partial charge in [-0.15, -0.1) is 0 Å². The van der Waals surface area contributed by atoms with Gasteiger partial charge in [-0.2, -0.15) is 0 Å². The minimum absolute atomic E-state index is 0.0866. The van der Waals surface area contributed by atoms with Gasteiger partial charge >= 0.3 is 5.97 Å². The Morgan fingerprint density at radius 1 is 1.37 bits per heavy atom. The zero-order chi connectivity index (χ0) is 14.0. The van der Waals surface area contributed by atoms with Crippen molar-refractivity contribution in [1.29, 1.82) is 0 Å². The van der Waals surface area contributed by atoms with E-state index in [4.69, 9.17) is 0 Å². The predicted octanol–water partition coefficient (Wildman–Crippen LogP) is 2.39. The minimum atomic E-state index is -0.956. The van der Waals surface area contributed by atoms with E-state index in [1.54, 1.807) is 0 Å². The molecule has 0 heterocycles. The zero-order valence-corrected chi connectivity index (χ0v) is 11.3. The van der Waals surface area contributed by atoms with Gasteiger partial charge < -0.3 is 10.0 Å². The zero-order valence-electron chi connectivity index (χ0n) is 11.3. The summed E-state index contributed by atoms with van der Waals surface area (Å²) in [6, 6.07) is 6.70. The molecule has 4 heteroatoms. The number of nitrogens with zero attached hydrogens (tertiary/aromatic N) is 1. The van der Waals surface area contributed by atoms with Crippen molar-refractivity contribution in [3.8, 4) is 0 Å². The lowest BCUT2D eigenvalue weighted by Gasteiger charge is -2.29. The maximum absolute atomic E-state index is 11.8. The quantitative estimate of drug-likeness (QED) is 0.885. The van der Waals surface area contributed by atoms with Crippen molar-refractivity contribution in [2.24, 2.45) is 0 Å². The molecule has 0 radical (unpaired) electrons. The number of carbonyl (C=O) groups excluding carboxylic acids is 1. The average molecular weight is 261 g/mol. The van der Waals surface area contributed by atoms with Gasteiger partial charge in [0.2, 0.25) is 5.91 Å². The largest absolute Gasteiger partial charge is 0.479 e. The number of carboxylic acid groups (broad SMARTS) is 1. The van der Waals surface area contributed by atoms with Crippen molar-refractivity contribution in [2.75, 3.05) is 0 Å². The van der Waals surface area contributed by atoms with E-state index in [1.807, 2.05) is 31.2 Å². The summed E-state index contributed by atoms with van der Waals surface area (Å²) in [6.07, 6.45) is 2.56. The van der Waals surface area contributed by atoms with Gasteiger partial charge in [0, 0.05) is 13.0 Å². The van der Waals surface area contributed by atoms with Gasteiger partial charge in [-0.25, -0.2) is 4.79 Å². The highest BCUT2D eigenvalue weighted by molar-refractivity contribution is 5.84. The van der Waals surface area contributed by atoms with Gasteiger partial charge in [0.25, 0.3) is 0 Å². The second kappa shape index (κ2) is 5.43. The minimum Gasteiger partial charge on any atom is -0.479 e. The number of rotatable bonds is 5. The van der Waals surface area contributed by atoms with Crippen LogP contribution in [0, 0.1) is 0 Å². The van der Waals surface area contributed by atoms with Gasteiger partial charge in [-0.05, 0) is 30.4 Å². The molecule has 0 spiro atoms. The van der Waals surface area contributed by atoms with Crippen LogP contribution < -0.4 is 0 Å². The molecule has 1 fully saturated rings. The molecule has 1 aliphatic carbocycles. The molecule has 19 heavy (non-hydrogen) atoms. The normalized spacial score (nSPS) is 15.9. The molecule has 0 aromatic heterocycles. The number of carbonyl (C=O) groups is 2. The van der Waals surface area contributed by atoms with Crippen molar-refractivity contribution in [3.05, 3.63) is 35.4 Å². The summed E-state index contributed by atoms with van der Waals surface area (Å²) in [4.78, 5) is 25.0. The fourth-order valence-electron chi connectivity index (χ4n) is 2.53. The maximum atomic E-state index is 11.8. The Kier molecular flexibility index (Phi) is 3.88. The molecule has 0 saturated heterocycles. The van der Waals surface area contributed by atoms with Crippen LogP contribution in [0.15, 0.2) is 24.3 Å². The summed E-state index contributed by atoms with van der Waals surface area (Å²) in [6.45, 7) is 3.44. The van der Waals surface area contributed by atoms with E-state index in [1.165, 1.54) is 11.8 Å². The Balaban J connectivity index is 2.44. The average Bonchev–Trinajstić information content (AvgIpc) is 3.19. The molecule has 1 aliphatic rings. The third-order valence-electron chi connectivity index (χ3n) is 3.55. The molecule has 1 N–H and O–H groups in total. The molecule has 1 aromatic rings. The Morgan fingerprint density at radius 3 is 2.47 bits per heavy atom. The first-order chi connectivity index (χ1) is 9.06. The topological polar surface area (TPSA) is 57.6 Å². The van der Waals surface area contributed by atoms with E-state index in [0.717, 1.165) is 30.4 Å². The van der Waals surface area contributed by atoms with Crippen LogP contribution in [-0.2, 0) is 16.0 Å². The van der Waals surface area contributed by atoms with Crippen molar-refractivity contribution < 1.29 is 14.7 Å². The van der Waals surface area contributed by atoms with Gasteiger partial charge in [0.15, 0.2) is 6.04 Å². The first kappa shape index (κ1) is 13.6. The molecule has 1 saturated carbocycles. The lowest BCUT2D eigenvalue weighted by Crippen LogP contribution is -2.39. The molecule has 0 aliphatic heterocycles. The summed E-state index contributed by atoms with van der Waals surface area (Å²) in [5.74, 6) is -1.12. The van der Waals surface area contributed by atoms with Gasteiger partial charge in [-0.1, -0.05) is 31.2 Å². The van der Waals surface area contributed by atoms with Crippen molar-refractivity contribution in [2.45, 2.75) is 45.2 Å². The molecular weight excluding hydrogens is 242 g/mol. The van der Waals surface area contributed by atoms with Crippen LogP contribution in [0.25, 0.3) is 0 Å². The van der Waals surface area contributed by atoms with Crippen LogP contribution in [0.1, 0.15) is 43.9 Å². The third-order valence-corrected chi connectivity index (χ3v) is 3.55. The van der Waals surface area contributed by atoms with Crippen molar-refractivity contribution in [1.82, 2.24) is 4.90 Å². The summed E-state index contributed by atoms with van der Waals surface area (Å²) >= 11 is 0. The Hall–Kier alpha value is -1.84. The van der Waals surface area contributed by atoms with E-state index < -0.39 is 12.0 Å². The second-order valence-corrected chi connectivity index (χ2v) is 4.95. The summed E-state index contributed by atoms with van der Waals surface area (Å²) in [5.41, 5.74) is 1.72. The molecule has 1 atom stereocenters. The molecule has 1 unspecified atom stereocenters. The number of aliphatic carboxylic acids is 1. The smallest absolute Gasteiger partial charge is 0.331 e. The number of benzene rings is 1. The fourth-order valence-corrected chi connectivity index (χ4v) is 2.53. The number of carboxylic acids is 1. The molecule has 0 bridgehead atoms. The molecular formula is C15H19NO3. The Morgan fingerprint density at radius 2 is 2.00 bits per heavy atom. The van der Waals surface area contributed by atoms with E-state index in [9.17, 15) is 14.7 Å². The van der Waals surface area contributed by atoms with E-state index in [0.29, 0.717) is 0 Å².